The first-order valence-corrected chi connectivity index (χ1v) is 8.60. The van der Waals surface area contributed by atoms with Gasteiger partial charge in [-0.2, -0.15) is 4.68 Å². The van der Waals surface area contributed by atoms with Crippen LogP contribution >= 0.6 is 0 Å². The summed E-state index contributed by atoms with van der Waals surface area (Å²) in [4.78, 5) is 17.1. The van der Waals surface area contributed by atoms with E-state index in [0.717, 1.165) is 18.0 Å². The molecule has 5 rings (SSSR count). The number of halogens is 1. The molecule has 0 amide bonds. The van der Waals surface area contributed by atoms with Gasteiger partial charge in [-0.25, -0.2) is 9.37 Å². The monoisotopic (exact) mass is 352 g/mol. The number of aryl methyl sites for hydroxylation is 1. The van der Waals surface area contributed by atoms with Gasteiger partial charge in [0.05, 0.1) is 22.8 Å². The molecule has 0 bridgehead atoms. The highest BCUT2D eigenvalue weighted by atomic mass is 19.1. The molecule has 3 heterocycles. The van der Waals surface area contributed by atoms with Crippen molar-refractivity contribution in [2.75, 3.05) is 0 Å². The molecule has 0 spiro atoms. The van der Waals surface area contributed by atoms with Crippen LogP contribution < -0.4 is 5.56 Å². The van der Waals surface area contributed by atoms with Gasteiger partial charge in [-0.15, -0.1) is 5.10 Å². The third-order valence-electron chi connectivity index (χ3n) is 5.32. The number of nitrogens with zero attached hydrogens (tertiary/aromatic N) is 6. The van der Waals surface area contributed by atoms with Crippen molar-refractivity contribution in [2.24, 2.45) is 18.9 Å². The third kappa shape index (κ3) is 2.11. The smallest absolute Gasteiger partial charge is 0.264 e. The van der Waals surface area contributed by atoms with Crippen LogP contribution in [0.2, 0.25) is 0 Å². The second kappa shape index (κ2) is 5.23. The maximum absolute atomic E-state index is 14.2. The highest BCUT2D eigenvalue weighted by Gasteiger charge is 2.33. The molecule has 1 aliphatic rings. The van der Waals surface area contributed by atoms with Crippen LogP contribution in [0.5, 0.6) is 0 Å². The van der Waals surface area contributed by atoms with Gasteiger partial charge in [-0.3, -0.25) is 13.8 Å². The molecule has 1 aromatic carbocycles. The van der Waals surface area contributed by atoms with Crippen LogP contribution in [0.1, 0.15) is 19.0 Å². The summed E-state index contributed by atoms with van der Waals surface area (Å²) in [6, 6.07) is 4.58. The molecular weight excluding hydrogens is 335 g/mol. The fourth-order valence-corrected chi connectivity index (χ4v) is 3.62. The van der Waals surface area contributed by atoms with Crippen molar-refractivity contribution in [3.05, 3.63) is 52.6 Å². The highest BCUT2D eigenvalue weighted by Crippen LogP contribution is 2.39. The highest BCUT2D eigenvalue weighted by molar-refractivity contribution is 5.82. The van der Waals surface area contributed by atoms with Gasteiger partial charge >= 0.3 is 0 Å². The molecule has 8 heteroatoms. The second-order valence-corrected chi connectivity index (χ2v) is 7.09. The molecule has 0 saturated heterocycles. The molecule has 0 N–H and O–H groups in total. The fourth-order valence-electron chi connectivity index (χ4n) is 3.62. The summed E-state index contributed by atoms with van der Waals surface area (Å²) in [6.07, 6.45) is 5.57. The van der Waals surface area contributed by atoms with Crippen molar-refractivity contribution >= 4 is 16.6 Å². The average Bonchev–Trinajstić information content (AvgIpc) is 3.03. The van der Waals surface area contributed by atoms with Crippen molar-refractivity contribution in [3.8, 4) is 5.82 Å². The van der Waals surface area contributed by atoms with Crippen LogP contribution in [0.4, 0.5) is 4.39 Å². The third-order valence-corrected chi connectivity index (χ3v) is 5.32. The average molecular weight is 352 g/mol. The van der Waals surface area contributed by atoms with Gasteiger partial charge in [0.1, 0.15) is 12.1 Å². The lowest BCUT2D eigenvalue weighted by Gasteiger charge is -2.08. The maximum Gasteiger partial charge on any atom is 0.264 e. The number of benzene rings is 1. The zero-order valence-electron chi connectivity index (χ0n) is 14.4. The van der Waals surface area contributed by atoms with Crippen LogP contribution in [0.3, 0.4) is 0 Å². The topological polar surface area (TPSA) is 70.0 Å². The number of fused-ring (bicyclic) bond motifs is 3. The van der Waals surface area contributed by atoms with E-state index in [1.807, 2.05) is 6.20 Å². The Hall–Kier alpha value is -3.03. The summed E-state index contributed by atoms with van der Waals surface area (Å²) in [5.74, 6) is 1.38. The first-order chi connectivity index (χ1) is 12.5. The van der Waals surface area contributed by atoms with E-state index in [9.17, 15) is 9.18 Å². The van der Waals surface area contributed by atoms with Gasteiger partial charge in [0.15, 0.2) is 11.5 Å². The minimum Gasteiger partial charge on any atom is -0.294 e. The molecule has 2 unspecified atom stereocenters. The summed E-state index contributed by atoms with van der Waals surface area (Å²) in [5, 5.41) is 8.47. The van der Waals surface area contributed by atoms with Crippen molar-refractivity contribution in [2.45, 2.75) is 19.8 Å². The minimum atomic E-state index is -0.540. The summed E-state index contributed by atoms with van der Waals surface area (Å²) in [7, 11) is 1.61. The molecule has 0 radical (unpaired) electrons. The number of imidazole rings is 1. The van der Waals surface area contributed by atoms with E-state index in [1.54, 1.807) is 34.6 Å². The van der Waals surface area contributed by atoms with Crippen molar-refractivity contribution in [1.29, 1.82) is 0 Å². The van der Waals surface area contributed by atoms with Crippen molar-refractivity contribution in [1.82, 2.24) is 28.9 Å². The molecule has 1 fully saturated rings. The predicted molar refractivity (Wildman–Crippen MR) is 93.8 cm³/mol. The Labute approximate surface area is 147 Å². The largest absolute Gasteiger partial charge is 0.294 e. The first-order valence-electron chi connectivity index (χ1n) is 8.60. The number of rotatable bonds is 3. The lowest BCUT2D eigenvalue weighted by atomic mass is 10.2. The zero-order chi connectivity index (χ0) is 18.0. The molecule has 7 nitrogen and oxygen atoms in total. The van der Waals surface area contributed by atoms with Crippen LogP contribution in [-0.2, 0) is 13.5 Å². The Balaban J connectivity index is 1.70. The summed E-state index contributed by atoms with van der Waals surface area (Å²) in [6.45, 7) is 2.23. The summed E-state index contributed by atoms with van der Waals surface area (Å²) >= 11 is 0. The zero-order valence-corrected chi connectivity index (χ0v) is 14.4. The van der Waals surface area contributed by atoms with Gasteiger partial charge in [-0.05, 0) is 36.8 Å². The Morgan fingerprint density at radius 2 is 2.15 bits per heavy atom. The number of hydrogen-bond acceptors (Lipinski definition) is 4. The van der Waals surface area contributed by atoms with E-state index in [1.165, 1.54) is 17.1 Å². The molecule has 0 aliphatic heterocycles. The number of hydrogen-bond donors (Lipinski definition) is 0. The molecule has 132 valence electrons. The molecule has 4 aromatic rings. The quantitative estimate of drug-likeness (QED) is 0.566. The first kappa shape index (κ1) is 15.2. The lowest BCUT2D eigenvalue weighted by molar-refractivity contribution is 0.636. The Bertz CT molecular complexity index is 1220. The summed E-state index contributed by atoms with van der Waals surface area (Å²) < 4.78 is 18.9. The van der Waals surface area contributed by atoms with E-state index < -0.39 is 11.4 Å². The van der Waals surface area contributed by atoms with Crippen molar-refractivity contribution < 1.29 is 4.39 Å². The van der Waals surface area contributed by atoms with E-state index in [0.29, 0.717) is 22.9 Å². The van der Waals surface area contributed by atoms with Crippen LogP contribution in [0, 0.1) is 17.7 Å². The summed E-state index contributed by atoms with van der Waals surface area (Å²) in [5.41, 5.74) is 1.54. The van der Waals surface area contributed by atoms with E-state index in [2.05, 4.69) is 22.2 Å². The minimum absolute atomic E-state index is 0.0495. The standard InChI is InChI=1S/C18H17FN6O/c1-10-6-11(10)7-12-8-25(22-21-12)16-17-23(2)18(26)15-13(19)4-3-5-14(15)24(17)9-20-16/h3-5,8-11H,6-7H2,1-2H3. The normalized spacial score (nSPS) is 19.5. The lowest BCUT2D eigenvalue weighted by Crippen LogP contribution is -2.21. The predicted octanol–water partition coefficient (Wildman–Crippen LogP) is 2.10. The van der Waals surface area contributed by atoms with E-state index in [-0.39, 0.29) is 5.39 Å². The maximum atomic E-state index is 14.2. The van der Waals surface area contributed by atoms with E-state index in [4.69, 9.17) is 0 Å². The SMILES string of the molecule is CC1CC1Cc1cn(-c2ncn3c4cccc(F)c4c(=O)n(C)c23)nn1. The van der Waals surface area contributed by atoms with Gasteiger partial charge in [0, 0.05) is 7.05 Å². The molecule has 26 heavy (non-hydrogen) atoms. The molecule has 1 aliphatic carbocycles. The molecule has 3 aromatic heterocycles. The molecular formula is C18H17FN6O. The Kier molecular flexibility index (Phi) is 3.07. The van der Waals surface area contributed by atoms with Crippen molar-refractivity contribution in [3.63, 3.8) is 0 Å². The molecule has 2 atom stereocenters. The fraction of sp³-hybridized carbons (Fsp3) is 0.333. The van der Waals surface area contributed by atoms with Crippen LogP contribution in [0.15, 0.2) is 35.5 Å². The molecule has 1 saturated carbocycles. The second-order valence-electron chi connectivity index (χ2n) is 7.09. The number of aromatic nitrogens is 6. The van der Waals surface area contributed by atoms with Crippen LogP contribution in [-0.4, -0.2) is 28.9 Å². The van der Waals surface area contributed by atoms with Gasteiger partial charge in [-0.1, -0.05) is 18.2 Å². The van der Waals surface area contributed by atoms with Crippen LogP contribution in [0.25, 0.3) is 22.4 Å². The van der Waals surface area contributed by atoms with E-state index >= 15 is 0 Å². The van der Waals surface area contributed by atoms with Gasteiger partial charge in [0.2, 0.25) is 0 Å². The Morgan fingerprint density at radius 1 is 1.35 bits per heavy atom. The van der Waals surface area contributed by atoms with Gasteiger partial charge < -0.3 is 0 Å². The van der Waals surface area contributed by atoms with Gasteiger partial charge in [0.25, 0.3) is 5.56 Å². The Morgan fingerprint density at radius 3 is 2.92 bits per heavy atom.